The van der Waals surface area contributed by atoms with E-state index < -0.39 is 41.6 Å². The predicted molar refractivity (Wildman–Crippen MR) is 55.3 cm³/mol. The van der Waals surface area contributed by atoms with Crippen molar-refractivity contribution >= 4 is 41.6 Å². The summed E-state index contributed by atoms with van der Waals surface area (Å²) in [5.41, 5.74) is 0. The van der Waals surface area contributed by atoms with Crippen LogP contribution in [-0.4, -0.2) is 70.1 Å². The molecule has 0 aromatic rings. The quantitative estimate of drug-likeness (QED) is 0.132. The van der Waals surface area contributed by atoms with E-state index in [-0.39, 0.29) is 23.2 Å². The van der Waals surface area contributed by atoms with Gasteiger partial charge in [0.25, 0.3) is 0 Å². The molecule has 0 rings (SSSR count). The largest absolute Gasteiger partial charge is 3.00 e. The molecule has 0 aliphatic carbocycles. The van der Waals surface area contributed by atoms with Gasteiger partial charge in [0, 0.05) is 0 Å². The average molecular weight is 462 g/mol. The fourth-order valence-electron chi connectivity index (χ4n) is 0. The molecule has 0 spiro atoms. The normalized spacial score (nSPS) is 10.5. The van der Waals surface area contributed by atoms with Crippen molar-refractivity contribution in [1.29, 1.82) is 0 Å². The minimum Gasteiger partial charge on any atom is -0.726 e. The third-order valence-electron chi connectivity index (χ3n) is 0. The van der Waals surface area contributed by atoms with E-state index in [1.165, 1.54) is 0 Å². The maximum absolute atomic E-state index is 8.63. The molecule has 22 heteroatoms. The molecule has 0 saturated carbocycles. The van der Waals surface area contributed by atoms with E-state index in [2.05, 4.69) is 0 Å². The summed E-state index contributed by atoms with van der Waals surface area (Å²) in [4.78, 5) is 0. The van der Waals surface area contributed by atoms with Crippen molar-refractivity contribution < 1.29 is 87.2 Å². The summed E-state index contributed by atoms with van der Waals surface area (Å²) in [6, 6.07) is 0. The van der Waals surface area contributed by atoms with Crippen molar-refractivity contribution in [3.05, 3.63) is 0 Å². The Bertz CT molecular complexity index is 479. The molecule has 0 bridgehead atoms. The summed E-state index contributed by atoms with van der Waals surface area (Å²) in [5, 5.41) is 0. The topological polar surface area (TPSA) is 346 Å². The van der Waals surface area contributed by atoms with Gasteiger partial charge in [-0.15, -0.1) is 0 Å². The number of quaternary nitrogens is 1. The van der Waals surface area contributed by atoms with Crippen LogP contribution in [0.2, 0.25) is 0 Å². The van der Waals surface area contributed by atoms with Crippen molar-refractivity contribution in [3.8, 4) is 0 Å². The van der Waals surface area contributed by atoms with Crippen LogP contribution in [0, 0.1) is 0 Å². The van der Waals surface area contributed by atoms with E-state index in [1.54, 1.807) is 0 Å². The van der Waals surface area contributed by atoms with Gasteiger partial charge in [0.2, 0.25) is 41.6 Å². The van der Waals surface area contributed by atoms with Crippen LogP contribution in [0.15, 0.2) is 0 Å². The zero-order chi connectivity index (χ0) is 18.0. The Morgan fingerprint density at radius 2 is 0.455 bits per heavy atom. The fourth-order valence-corrected chi connectivity index (χ4v) is 0. The van der Waals surface area contributed by atoms with Gasteiger partial charge in [-0.1, -0.05) is 0 Å². The predicted octanol–water partition coefficient (Wildman–Crippen LogP) is -3.61. The minimum absolute atomic E-state index is 0. The summed E-state index contributed by atoms with van der Waals surface area (Å²) in [7, 11) is -19.7. The van der Waals surface area contributed by atoms with Gasteiger partial charge in [-0.2, -0.15) is 0 Å². The van der Waals surface area contributed by atoms with Crippen LogP contribution in [0.1, 0.15) is 0 Å². The van der Waals surface area contributed by atoms with Crippen LogP contribution in [-0.2, 0) is 58.7 Å². The van der Waals surface area contributed by atoms with E-state index in [1.807, 2.05) is 0 Å². The van der Waals surface area contributed by atoms with Crippen LogP contribution >= 0.6 is 0 Å². The molecule has 1 radical (unpaired) electrons. The van der Waals surface area contributed by atoms with E-state index in [4.69, 9.17) is 70.1 Å². The van der Waals surface area contributed by atoms with Gasteiger partial charge in [-0.25, -0.2) is 33.7 Å². The zero-order valence-electron chi connectivity index (χ0n) is 9.67. The minimum atomic E-state index is -4.92. The van der Waals surface area contributed by atoms with Gasteiger partial charge in [-0.3, -0.25) is 18.2 Å². The molecule has 0 aliphatic heterocycles. The first-order valence-electron chi connectivity index (χ1n) is 2.73. The molecule has 17 nitrogen and oxygen atoms in total. The molecule has 0 unspecified atom stereocenters. The molecule has 0 atom stereocenters. The van der Waals surface area contributed by atoms with E-state index in [0.717, 1.165) is 0 Å². The van der Waals surface area contributed by atoms with Crippen molar-refractivity contribution in [2.75, 3.05) is 0 Å². The third-order valence-corrected chi connectivity index (χ3v) is 0. The van der Waals surface area contributed by atoms with Gasteiger partial charge in [0.05, 0.1) is 0 Å². The average Bonchev–Trinajstić information content (AvgIpc) is 1.62. The number of rotatable bonds is 0. The number of hydrogen-bond acceptors (Lipinski definition) is 12. The molecule has 0 amide bonds. The van der Waals surface area contributed by atoms with Crippen molar-refractivity contribution in [3.63, 3.8) is 0 Å². The molecule has 0 aliphatic rings. The van der Waals surface area contributed by atoms with Crippen LogP contribution in [0.5, 0.6) is 0 Å². The maximum atomic E-state index is 8.63. The molecule has 0 aromatic carbocycles. The summed E-state index contributed by atoms with van der Waals surface area (Å²) in [6.07, 6.45) is 0. The molecular weight excluding hydrogens is 454 g/mol. The second-order valence-electron chi connectivity index (χ2n) is 1.71. The Morgan fingerprint density at radius 1 is 0.455 bits per heavy atom. The molecule has 0 aromatic heterocycles. The van der Waals surface area contributed by atoms with Crippen molar-refractivity contribution in [2.24, 2.45) is 0 Å². The van der Waals surface area contributed by atoms with Gasteiger partial charge < -0.3 is 24.4 Å². The Hall–Kier alpha value is -0.0405. The van der Waals surface area contributed by atoms with Gasteiger partial charge >= 0.3 is 17.1 Å². The molecule has 0 saturated heterocycles. The maximum Gasteiger partial charge on any atom is 3.00 e. The van der Waals surface area contributed by atoms with Gasteiger partial charge in [0.15, 0.2) is 0 Å². The van der Waals surface area contributed by atoms with Gasteiger partial charge in [-0.05, 0) is 0 Å². The SMILES string of the molecule is O=S(=O)([O-])O.O=S(=O)([O-])O.O=S(=O)([O-])O.O=S(=O)([O-])O.[Fe+3].[NH4+]. The summed E-state index contributed by atoms with van der Waals surface area (Å²) in [6.45, 7) is 0. The Kier molecular flexibility index (Phi) is 25.0. The van der Waals surface area contributed by atoms with Crippen molar-refractivity contribution in [2.45, 2.75) is 0 Å². The molecule has 22 heavy (non-hydrogen) atoms. The van der Waals surface area contributed by atoms with E-state index in [9.17, 15) is 0 Å². The summed E-state index contributed by atoms with van der Waals surface area (Å²) in [5.74, 6) is 0. The molecule has 141 valence electrons. The molecule has 8 N–H and O–H groups in total. The van der Waals surface area contributed by atoms with Crippen LogP contribution in [0.4, 0.5) is 0 Å². The van der Waals surface area contributed by atoms with Crippen LogP contribution in [0.25, 0.3) is 0 Å². The summed E-state index contributed by atoms with van der Waals surface area (Å²) < 4.78 is 131. The molecule has 0 heterocycles. The zero-order valence-corrected chi connectivity index (χ0v) is 14.0. The van der Waals surface area contributed by atoms with Gasteiger partial charge in [0.1, 0.15) is 0 Å². The third kappa shape index (κ3) is 4370000. The van der Waals surface area contributed by atoms with Crippen molar-refractivity contribution in [1.82, 2.24) is 6.15 Å². The second kappa shape index (κ2) is 14.5. The molecular formula is H8FeNO16S4. The Labute approximate surface area is 135 Å². The Balaban J connectivity index is -0.0000000376. The fraction of sp³-hybridized carbons (Fsp3) is 0. The number of hydrogen-bond donors (Lipinski definition) is 5. The first-order valence-corrected chi connectivity index (χ1v) is 8.19. The van der Waals surface area contributed by atoms with E-state index in [0.29, 0.717) is 0 Å². The monoisotopic (exact) mass is 462 g/mol. The summed E-state index contributed by atoms with van der Waals surface area (Å²) >= 11 is 0. The first-order chi connectivity index (χ1) is 8.00. The standard InChI is InChI=1S/Fe.H3N.4H2O4S/c;;4*1-5(2,3)4/h;1H3;4*(H2,1,2,3,4)/q+3;;;;;/p-3. The van der Waals surface area contributed by atoms with E-state index >= 15 is 0 Å². The second-order valence-corrected chi connectivity index (χ2v) is 5.13. The first kappa shape index (κ1) is 37.9. The Morgan fingerprint density at radius 3 is 0.455 bits per heavy atom. The van der Waals surface area contributed by atoms with Crippen LogP contribution < -0.4 is 6.15 Å². The molecule has 0 fully saturated rings. The van der Waals surface area contributed by atoms with Crippen LogP contribution in [0.3, 0.4) is 0 Å². The smallest absolute Gasteiger partial charge is 0.726 e.